The van der Waals surface area contributed by atoms with Crippen LogP contribution < -0.4 is 0 Å². The van der Waals surface area contributed by atoms with Crippen molar-refractivity contribution in [2.24, 2.45) is 0 Å². The Morgan fingerprint density at radius 2 is 1.85 bits per heavy atom. The molecule has 4 rings (SSSR count). The van der Waals surface area contributed by atoms with E-state index in [1.807, 2.05) is 42.5 Å². The van der Waals surface area contributed by atoms with Gasteiger partial charge in [0.2, 0.25) is 0 Å². The van der Waals surface area contributed by atoms with E-state index in [1.165, 1.54) is 18.4 Å². The smallest absolute Gasteiger partial charge is 0.307 e. The average Bonchev–Trinajstić information content (AvgIpc) is 2.77. The summed E-state index contributed by atoms with van der Waals surface area (Å²) in [5, 5.41) is 10.7. The van der Waals surface area contributed by atoms with Gasteiger partial charge in [-0.05, 0) is 70.5 Å². The van der Waals surface area contributed by atoms with Gasteiger partial charge in [0.05, 0.1) is 11.2 Å². The summed E-state index contributed by atoms with van der Waals surface area (Å²) in [5.41, 5.74) is 3.89. The number of fused-ring (bicyclic) bond motifs is 1. The van der Waals surface area contributed by atoms with Crippen LogP contribution in [0.3, 0.4) is 0 Å². The molecule has 1 N–H and O–H groups in total. The van der Waals surface area contributed by atoms with Gasteiger partial charge in [0.1, 0.15) is 5.82 Å². The highest BCUT2D eigenvalue weighted by atomic mass is 32.2. The minimum atomic E-state index is -3.56. The lowest BCUT2D eigenvalue weighted by Gasteiger charge is -2.32. The summed E-state index contributed by atoms with van der Waals surface area (Å²) in [6.07, 6.45) is 6.92. The summed E-state index contributed by atoms with van der Waals surface area (Å²) >= 11 is 0. The summed E-state index contributed by atoms with van der Waals surface area (Å²) in [7, 11) is -3.56. The zero-order chi connectivity index (χ0) is 23.8. The molecule has 170 valence electrons. The molecule has 0 fully saturated rings. The van der Waals surface area contributed by atoms with Crippen molar-refractivity contribution in [1.82, 2.24) is 0 Å². The van der Waals surface area contributed by atoms with E-state index in [0.717, 1.165) is 11.1 Å². The van der Waals surface area contributed by atoms with Crippen molar-refractivity contribution in [2.45, 2.75) is 30.9 Å². The molecule has 3 aromatic rings. The number of rotatable bonds is 6. The summed E-state index contributed by atoms with van der Waals surface area (Å²) in [6.45, 7) is 1.78. The number of carbonyl (C=O) groups is 1. The first-order valence-corrected chi connectivity index (χ1v) is 12.6. The predicted molar refractivity (Wildman–Crippen MR) is 129 cm³/mol. The van der Waals surface area contributed by atoms with Crippen LogP contribution in [0.1, 0.15) is 28.7 Å². The highest BCUT2D eigenvalue weighted by Crippen LogP contribution is 2.38. The molecule has 3 aromatic carbocycles. The minimum absolute atomic E-state index is 0.125. The molecule has 33 heavy (non-hydrogen) atoms. The molecule has 0 heterocycles. The first-order valence-electron chi connectivity index (χ1n) is 10.7. The molecule has 0 saturated heterocycles. The fraction of sp³-hybridized carbons (Fsp3) is 0.222. The standard InChI is InChI=1S/C27H25FO4S/c1-18-22(15-26(29)30)14-21-8-9-23(28)16-24(21)25(18)17-27(33(2,31)32)12-10-20(11-13-27)19-6-4-3-5-7-19/h3-12,14,16H,13,15,17H2,1-2H3,(H,29,30). The normalized spacial score (nSPS) is 18.3. The minimum Gasteiger partial charge on any atom is -0.481 e. The van der Waals surface area contributed by atoms with Gasteiger partial charge in [0.15, 0.2) is 9.84 Å². The number of sulfone groups is 1. The summed E-state index contributed by atoms with van der Waals surface area (Å²) in [4.78, 5) is 11.4. The molecule has 6 heteroatoms. The molecular formula is C27H25FO4S. The highest BCUT2D eigenvalue weighted by molar-refractivity contribution is 7.92. The van der Waals surface area contributed by atoms with Gasteiger partial charge in [-0.3, -0.25) is 4.79 Å². The van der Waals surface area contributed by atoms with Crippen LogP contribution in [-0.4, -0.2) is 30.5 Å². The molecule has 1 atom stereocenters. The number of allylic oxidation sites excluding steroid dienone is 3. The predicted octanol–water partition coefficient (Wildman–Crippen LogP) is 5.28. The number of hydrogen-bond donors (Lipinski definition) is 1. The van der Waals surface area contributed by atoms with Gasteiger partial charge in [-0.2, -0.15) is 0 Å². The first kappa shape index (κ1) is 22.9. The largest absolute Gasteiger partial charge is 0.481 e. The zero-order valence-electron chi connectivity index (χ0n) is 18.5. The van der Waals surface area contributed by atoms with Crippen molar-refractivity contribution >= 4 is 32.2 Å². The summed E-state index contributed by atoms with van der Waals surface area (Å²) < 4.78 is 39.1. The second-order valence-electron chi connectivity index (χ2n) is 8.65. The van der Waals surface area contributed by atoms with Crippen LogP contribution in [0.2, 0.25) is 0 Å². The SMILES string of the molecule is Cc1c(CC(=O)O)cc2ccc(F)cc2c1CC1(S(C)(=O)=O)C=CC(c2ccccc2)=CC1. The molecule has 0 saturated carbocycles. The van der Waals surface area contributed by atoms with E-state index < -0.39 is 26.4 Å². The molecule has 1 unspecified atom stereocenters. The Hall–Kier alpha value is -3.25. The Kier molecular flexibility index (Phi) is 5.97. The maximum atomic E-state index is 14.2. The van der Waals surface area contributed by atoms with Gasteiger partial charge in [0, 0.05) is 6.26 Å². The Bertz CT molecular complexity index is 1410. The number of carboxylic acids is 1. The van der Waals surface area contributed by atoms with E-state index in [0.29, 0.717) is 27.5 Å². The van der Waals surface area contributed by atoms with Crippen molar-refractivity contribution in [3.05, 3.63) is 101 Å². The van der Waals surface area contributed by atoms with E-state index in [9.17, 15) is 22.7 Å². The lowest BCUT2D eigenvalue weighted by Crippen LogP contribution is -2.39. The number of halogens is 1. The number of hydrogen-bond acceptors (Lipinski definition) is 3. The van der Waals surface area contributed by atoms with E-state index in [1.54, 1.807) is 25.1 Å². The van der Waals surface area contributed by atoms with Gasteiger partial charge in [0.25, 0.3) is 0 Å². The molecule has 1 aliphatic rings. The molecule has 4 nitrogen and oxygen atoms in total. The maximum Gasteiger partial charge on any atom is 0.307 e. The van der Waals surface area contributed by atoms with Gasteiger partial charge >= 0.3 is 5.97 Å². The summed E-state index contributed by atoms with van der Waals surface area (Å²) in [5.74, 6) is -1.40. The van der Waals surface area contributed by atoms with Crippen LogP contribution in [0, 0.1) is 12.7 Å². The van der Waals surface area contributed by atoms with Crippen LogP contribution in [0.15, 0.2) is 72.8 Å². The molecule has 0 bridgehead atoms. The van der Waals surface area contributed by atoms with Crippen molar-refractivity contribution in [2.75, 3.05) is 6.26 Å². The quantitative estimate of drug-likeness (QED) is 0.539. The van der Waals surface area contributed by atoms with E-state index in [4.69, 9.17) is 0 Å². The van der Waals surface area contributed by atoms with Gasteiger partial charge in [-0.1, -0.05) is 60.7 Å². The van der Waals surface area contributed by atoms with Crippen LogP contribution in [0.5, 0.6) is 0 Å². The van der Waals surface area contributed by atoms with Crippen molar-refractivity contribution in [3.8, 4) is 0 Å². The van der Waals surface area contributed by atoms with E-state index in [-0.39, 0.29) is 19.3 Å². The topological polar surface area (TPSA) is 71.4 Å². The molecule has 0 spiro atoms. The zero-order valence-corrected chi connectivity index (χ0v) is 19.3. The lowest BCUT2D eigenvalue weighted by atomic mass is 9.83. The molecule has 0 aromatic heterocycles. The van der Waals surface area contributed by atoms with E-state index >= 15 is 0 Å². The third-order valence-electron chi connectivity index (χ3n) is 6.50. The summed E-state index contributed by atoms with van der Waals surface area (Å²) in [6, 6.07) is 15.8. The monoisotopic (exact) mass is 464 g/mol. The molecule has 1 aliphatic carbocycles. The molecule has 0 aliphatic heterocycles. The van der Waals surface area contributed by atoms with Gasteiger partial charge in [-0.15, -0.1) is 0 Å². The van der Waals surface area contributed by atoms with E-state index in [2.05, 4.69) is 0 Å². The fourth-order valence-corrected chi connectivity index (χ4v) is 5.63. The Morgan fingerprint density at radius 1 is 1.12 bits per heavy atom. The molecule has 0 radical (unpaired) electrons. The number of aliphatic carboxylic acids is 1. The van der Waals surface area contributed by atoms with Gasteiger partial charge < -0.3 is 5.11 Å². The van der Waals surface area contributed by atoms with Crippen LogP contribution in [0.4, 0.5) is 4.39 Å². The highest BCUT2D eigenvalue weighted by Gasteiger charge is 2.40. The van der Waals surface area contributed by atoms with Crippen LogP contribution in [0.25, 0.3) is 16.3 Å². The molecular weight excluding hydrogens is 439 g/mol. The maximum absolute atomic E-state index is 14.2. The Labute approximate surface area is 193 Å². The molecule has 0 amide bonds. The number of carboxylic acid groups (broad SMARTS) is 1. The van der Waals surface area contributed by atoms with Gasteiger partial charge in [-0.25, -0.2) is 12.8 Å². The van der Waals surface area contributed by atoms with Crippen molar-refractivity contribution in [1.29, 1.82) is 0 Å². The third-order valence-corrected chi connectivity index (χ3v) is 8.43. The fourth-order valence-electron chi connectivity index (χ4n) is 4.52. The Balaban J connectivity index is 1.85. The number of benzene rings is 3. The van der Waals surface area contributed by atoms with Crippen molar-refractivity contribution < 1.29 is 22.7 Å². The van der Waals surface area contributed by atoms with Crippen LogP contribution >= 0.6 is 0 Å². The third kappa shape index (κ3) is 4.48. The first-order chi connectivity index (χ1) is 15.6. The second kappa shape index (κ2) is 8.60. The lowest BCUT2D eigenvalue weighted by molar-refractivity contribution is -0.136. The van der Waals surface area contributed by atoms with Crippen molar-refractivity contribution in [3.63, 3.8) is 0 Å². The van der Waals surface area contributed by atoms with Crippen LogP contribution in [-0.2, 0) is 27.5 Å². The average molecular weight is 465 g/mol. The Morgan fingerprint density at radius 3 is 2.45 bits per heavy atom. The second-order valence-corrected chi connectivity index (χ2v) is 11.0.